The molecule has 0 fully saturated rings. The summed E-state index contributed by atoms with van der Waals surface area (Å²) in [6.45, 7) is 1.75. The van der Waals surface area contributed by atoms with E-state index in [-0.39, 0.29) is 5.91 Å². The molecule has 0 saturated carbocycles. The zero-order valence-corrected chi connectivity index (χ0v) is 13.7. The Morgan fingerprint density at radius 3 is 2.62 bits per heavy atom. The first-order valence-corrected chi connectivity index (χ1v) is 7.61. The number of aliphatic hydroxyl groups is 1. The summed E-state index contributed by atoms with van der Waals surface area (Å²) in [5.41, 5.74) is 1.13. The minimum atomic E-state index is -0.789. The van der Waals surface area contributed by atoms with Gasteiger partial charge in [0.05, 0.1) is 17.7 Å². The van der Waals surface area contributed by atoms with E-state index < -0.39 is 12.1 Å². The number of nitrogens with one attached hydrogen (secondary N) is 2. The molecule has 1 aromatic heterocycles. The Morgan fingerprint density at radius 1 is 1.33 bits per heavy atom. The van der Waals surface area contributed by atoms with Gasteiger partial charge in [0, 0.05) is 10.7 Å². The van der Waals surface area contributed by atoms with Crippen molar-refractivity contribution < 1.29 is 9.90 Å². The molecule has 0 unspecified atom stereocenters. The molecule has 0 bridgehead atoms. The zero-order valence-electron chi connectivity index (χ0n) is 11.3. The number of carbonyl (C=O) groups excluding carboxylic acids is 1. The first-order valence-electron chi connectivity index (χ1n) is 6.41. The van der Waals surface area contributed by atoms with E-state index in [0.717, 1.165) is 10.0 Å². The van der Waals surface area contributed by atoms with Crippen LogP contribution in [-0.4, -0.2) is 22.0 Å². The summed E-state index contributed by atoms with van der Waals surface area (Å²) < 4.78 is 1.31. The molecule has 0 aliphatic rings. The average Bonchev–Trinajstić information content (AvgIpc) is 2.47. The summed E-state index contributed by atoms with van der Waals surface area (Å²) in [5, 5.41) is 13.0. The molecule has 3 N–H and O–H groups in total. The molecule has 1 heterocycles. The molecule has 6 heteroatoms. The third-order valence-corrected chi connectivity index (χ3v) is 3.97. The summed E-state index contributed by atoms with van der Waals surface area (Å²) in [7, 11) is 0. The fourth-order valence-corrected chi connectivity index (χ4v) is 2.41. The van der Waals surface area contributed by atoms with E-state index in [9.17, 15) is 9.90 Å². The second-order valence-electron chi connectivity index (χ2n) is 4.67. The van der Waals surface area contributed by atoms with Crippen LogP contribution in [-0.2, 0) is 0 Å². The predicted octanol–water partition coefficient (Wildman–Crippen LogP) is 3.36. The summed E-state index contributed by atoms with van der Waals surface area (Å²) in [6, 6.07) is 10.2. The lowest BCUT2D eigenvalue weighted by Gasteiger charge is -2.20. The normalized spacial score (nSPS) is 13.5. The molecule has 2 aromatic rings. The van der Waals surface area contributed by atoms with Gasteiger partial charge in [0.15, 0.2) is 0 Å². The van der Waals surface area contributed by atoms with E-state index in [1.807, 2.05) is 24.3 Å². The van der Waals surface area contributed by atoms with Crippen molar-refractivity contribution in [1.29, 1.82) is 0 Å². The SMILES string of the molecule is C[C@H](NC(=O)c1ccc[nH]c1=S)[C@@H](O)c1ccc(Br)cc1. The van der Waals surface area contributed by atoms with Gasteiger partial charge in [0.1, 0.15) is 4.64 Å². The minimum absolute atomic E-state index is 0.305. The van der Waals surface area contributed by atoms with Crippen LogP contribution in [0.4, 0.5) is 0 Å². The highest BCUT2D eigenvalue weighted by Gasteiger charge is 2.19. The highest BCUT2D eigenvalue weighted by molar-refractivity contribution is 9.10. The number of halogens is 1. The van der Waals surface area contributed by atoms with Crippen molar-refractivity contribution in [3.8, 4) is 0 Å². The van der Waals surface area contributed by atoms with Crippen LogP contribution in [0.2, 0.25) is 0 Å². The lowest BCUT2D eigenvalue weighted by atomic mass is 10.0. The lowest BCUT2D eigenvalue weighted by Crippen LogP contribution is -2.37. The van der Waals surface area contributed by atoms with Gasteiger partial charge in [-0.15, -0.1) is 0 Å². The Hall–Kier alpha value is -1.50. The molecular formula is C15H15BrN2O2S. The number of carbonyl (C=O) groups is 1. The maximum absolute atomic E-state index is 12.1. The molecule has 1 amide bonds. The van der Waals surface area contributed by atoms with Crippen molar-refractivity contribution in [1.82, 2.24) is 10.3 Å². The van der Waals surface area contributed by atoms with Crippen LogP contribution in [0.3, 0.4) is 0 Å². The molecule has 0 radical (unpaired) electrons. The van der Waals surface area contributed by atoms with Gasteiger partial charge in [-0.25, -0.2) is 0 Å². The van der Waals surface area contributed by atoms with Crippen molar-refractivity contribution in [2.45, 2.75) is 19.1 Å². The largest absolute Gasteiger partial charge is 0.386 e. The van der Waals surface area contributed by atoms with Crippen molar-refractivity contribution in [2.75, 3.05) is 0 Å². The number of aliphatic hydroxyl groups excluding tert-OH is 1. The predicted molar refractivity (Wildman–Crippen MR) is 87.7 cm³/mol. The molecule has 2 rings (SSSR count). The smallest absolute Gasteiger partial charge is 0.254 e. The zero-order chi connectivity index (χ0) is 15.4. The fraction of sp³-hybridized carbons (Fsp3) is 0.200. The second kappa shape index (κ2) is 6.98. The molecule has 110 valence electrons. The lowest BCUT2D eigenvalue weighted by molar-refractivity contribution is 0.0851. The van der Waals surface area contributed by atoms with Gasteiger partial charge in [-0.1, -0.05) is 40.3 Å². The number of pyridine rings is 1. The molecule has 0 aliphatic heterocycles. The van der Waals surface area contributed by atoms with Crippen LogP contribution in [0.1, 0.15) is 28.9 Å². The maximum atomic E-state index is 12.1. The number of hydrogen-bond acceptors (Lipinski definition) is 3. The van der Waals surface area contributed by atoms with Gasteiger partial charge < -0.3 is 15.4 Å². The van der Waals surface area contributed by atoms with E-state index in [1.54, 1.807) is 25.3 Å². The van der Waals surface area contributed by atoms with E-state index in [4.69, 9.17) is 12.2 Å². The van der Waals surface area contributed by atoms with Crippen molar-refractivity contribution >= 4 is 34.1 Å². The van der Waals surface area contributed by atoms with Crippen LogP contribution >= 0.6 is 28.1 Å². The summed E-state index contributed by atoms with van der Waals surface area (Å²) in [6.07, 6.45) is 0.877. The Bertz CT molecular complexity index is 685. The van der Waals surface area contributed by atoms with Gasteiger partial charge in [0.25, 0.3) is 5.91 Å². The van der Waals surface area contributed by atoms with E-state index in [2.05, 4.69) is 26.2 Å². The number of benzene rings is 1. The van der Waals surface area contributed by atoms with E-state index >= 15 is 0 Å². The summed E-state index contributed by atoms with van der Waals surface area (Å²) in [4.78, 5) is 15.0. The van der Waals surface area contributed by atoms with Crippen LogP contribution in [0.25, 0.3) is 0 Å². The quantitative estimate of drug-likeness (QED) is 0.726. The van der Waals surface area contributed by atoms with Gasteiger partial charge in [0.2, 0.25) is 0 Å². The average molecular weight is 367 g/mol. The number of rotatable bonds is 4. The molecular weight excluding hydrogens is 352 g/mol. The Morgan fingerprint density at radius 2 is 2.00 bits per heavy atom. The maximum Gasteiger partial charge on any atom is 0.254 e. The van der Waals surface area contributed by atoms with Crippen LogP contribution < -0.4 is 5.32 Å². The standard InChI is InChI=1S/C15H15BrN2O2S/c1-9(13(19)10-4-6-11(16)7-5-10)18-14(20)12-3-2-8-17-15(12)21/h2-9,13,19H,1H3,(H,17,21)(H,18,20)/t9-,13+/m0/s1. The Balaban J connectivity index is 2.09. The monoisotopic (exact) mass is 366 g/mol. The van der Waals surface area contributed by atoms with Gasteiger partial charge in [-0.2, -0.15) is 0 Å². The third-order valence-electron chi connectivity index (χ3n) is 3.11. The minimum Gasteiger partial charge on any atom is -0.386 e. The van der Waals surface area contributed by atoms with Crippen LogP contribution in [0, 0.1) is 4.64 Å². The first-order chi connectivity index (χ1) is 9.99. The second-order valence-corrected chi connectivity index (χ2v) is 6.00. The van der Waals surface area contributed by atoms with Crippen molar-refractivity contribution in [2.24, 2.45) is 0 Å². The molecule has 1 aromatic carbocycles. The molecule has 21 heavy (non-hydrogen) atoms. The molecule has 0 saturated heterocycles. The van der Waals surface area contributed by atoms with E-state index in [1.165, 1.54) is 0 Å². The highest BCUT2D eigenvalue weighted by atomic mass is 79.9. The first kappa shape index (κ1) is 15.9. The molecule has 4 nitrogen and oxygen atoms in total. The van der Waals surface area contributed by atoms with E-state index in [0.29, 0.717) is 10.2 Å². The van der Waals surface area contributed by atoms with Gasteiger partial charge >= 0.3 is 0 Å². The van der Waals surface area contributed by atoms with Crippen LogP contribution in [0.5, 0.6) is 0 Å². The highest BCUT2D eigenvalue weighted by Crippen LogP contribution is 2.19. The molecule has 2 atom stereocenters. The number of hydrogen-bond donors (Lipinski definition) is 3. The number of amides is 1. The Labute approximate surface area is 136 Å². The topological polar surface area (TPSA) is 65.1 Å². The summed E-state index contributed by atoms with van der Waals surface area (Å²) >= 11 is 8.41. The number of aromatic amines is 1. The van der Waals surface area contributed by atoms with Crippen molar-refractivity contribution in [3.63, 3.8) is 0 Å². The molecule has 0 spiro atoms. The Kier molecular flexibility index (Phi) is 5.27. The number of H-pyrrole nitrogens is 1. The van der Waals surface area contributed by atoms with Crippen LogP contribution in [0.15, 0.2) is 47.1 Å². The fourth-order valence-electron chi connectivity index (χ4n) is 1.91. The van der Waals surface area contributed by atoms with Gasteiger partial charge in [-0.3, -0.25) is 4.79 Å². The number of aromatic nitrogens is 1. The van der Waals surface area contributed by atoms with Crippen molar-refractivity contribution in [3.05, 3.63) is 62.8 Å². The summed E-state index contributed by atoms with van der Waals surface area (Å²) in [5.74, 6) is -0.305. The molecule has 0 aliphatic carbocycles. The van der Waals surface area contributed by atoms with Gasteiger partial charge in [-0.05, 0) is 36.8 Å². The third kappa shape index (κ3) is 4.00.